The molecule has 2 aliphatic rings. The first kappa shape index (κ1) is 20.4. The Kier molecular flexibility index (Phi) is 5.27. The average molecular weight is 428 g/mol. The molecule has 1 aliphatic heterocycles. The Hall–Kier alpha value is -2.87. The van der Waals surface area contributed by atoms with E-state index in [0.717, 1.165) is 36.1 Å². The third kappa shape index (κ3) is 3.56. The van der Waals surface area contributed by atoms with Crippen LogP contribution in [0.1, 0.15) is 54.4 Å². The minimum Gasteiger partial charge on any atom is -0.466 e. The molecule has 0 fully saturated rings. The van der Waals surface area contributed by atoms with Gasteiger partial charge in [0.2, 0.25) is 0 Å². The summed E-state index contributed by atoms with van der Waals surface area (Å²) >= 11 is 1.42. The summed E-state index contributed by atoms with van der Waals surface area (Å²) in [4.78, 5) is 39.9. The van der Waals surface area contributed by atoms with E-state index in [1.165, 1.54) is 18.3 Å². The third-order valence-electron chi connectivity index (χ3n) is 5.36. The number of hydrogen-bond donors (Lipinski definition) is 3. The molecule has 2 aromatic rings. The summed E-state index contributed by atoms with van der Waals surface area (Å²) in [5.74, 6) is -0.929. The van der Waals surface area contributed by atoms with Crippen LogP contribution >= 0.6 is 11.3 Å². The van der Waals surface area contributed by atoms with Gasteiger partial charge in [-0.2, -0.15) is 0 Å². The van der Waals surface area contributed by atoms with Gasteiger partial charge in [0.25, 0.3) is 23.3 Å². The molecule has 1 aliphatic carbocycles. The van der Waals surface area contributed by atoms with E-state index in [4.69, 9.17) is 4.74 Å². The van der Waals surface area contributed by atoms with Crippen LogP contribution in [0.4, 0.5) is 10.7 Å². The van der Waals surface area contributed by atoms with Gasteiger partial charge in [-0.15, -0.1) is 11.3 Å². The van der Waals surface area contributed by atoms with Gasteiger partial charge in [0, 0.05) is 10.9 Å². The van der Waals surface area contributed by atoms with E-state index in [-0.39, 0.29) is 11.9 Å². The quantitative estimate of drug-likeness (QED) is 0.651. The van der Waals surface area contributed by atoms with Crippen molar-refractivity contribution in [3.8, 4) is 5.75 Å². The molecule has 0 bridgehead atoms. The fourth-order valence-electron chi connectivity index (χ4n) is 3.77. The molecule has 1 atom stereocenters. The lowest BCUT2D eigenvalue weighted by atomic mass is 9.95. The number of aryl methyl sites for hydroxylation is 1. The van der Waals surface area contributed by atoms with Crippen molar-refractivity contribution in [2.45, 2.75) is 58.1 Å². The normalized spacial score (nSPS) is 19.9. The maximum Gasteiger partial charge on any atom is 0.278 e. The summed E-state index contributed by atoms with van der Waals surface area (Å²) in [6, 6.07) is 6.94. The Balaban J connectivity index is 1.65. The fourth-order valence-corrected chi connectivity index (χ4v) is 5.05. The van der Waals surface area contributed by atoms with Crippen LogP contribution in [0.2, 0.25) is 0 Å². The van der Waals surface area contributed by atoms with Gasteiger partial charge in [-0.05, 0) is 64.2 Å². The summed E-state index contributed by atoms with van der Waals surface area (Å²) in [5.41, 5.74) is 0.294. The number of amides is 3. The molecule has 1 aromatic carbocycles. The molecule has 2 heterocycles. The highest BCUT2D eigenvalue weighted by Gasteiger charge is 2.47. The number of benzene rings is 1. The number of anilines is 2. The lowest BCUT2D eigenvalue weighted by Gasteiger charge is -2.33. The zero-order valence-corrected chi connectivity index (χ0v) is 18.1. The molecule has 1 unspecified atom stereocenters. The molecule has 30 heavy (non-hydrogen) atoms. The van der Waals surface area contributed by atoms with Crippen LogP contribution in [0.5, 0.6) is 5.75 Å². The van der Waals surface area contributed by atoms with Crippen LogP contribution in [0.3, 0.4) is 0 Å². The van der Waals surface area contributed by atoms with Crippen molar-refractivity contribution in [2.24, 2.45) is 0 Å². The average Bonchev–Trinajstić information content (AvgIpc) is 3.06. The van der Waals surface area contributed by atoms with E-state index in [1.54, 1.807) is 24.3 Å². The van der Waals surface area contributed by atoms with Gasteiger partial charge in [0.1, 0.15) is 10.8 Å². The maximum absolute atomic E-state index is 13.2. The molecule has 3 amide bonds. The van der Waals surface area contributed by atoms with Crippen molar-refractivity contribution >= 4 is 39.7 Å². The Morgan fingerprint density at radius 1 is 1.20 bits per heavy atom. The number of fused-ring (bicyclic) bond motifs is 2. The molecule has 1 aromatic heterocycles. The standard InChI is InChI=1S/C22H25N3O4S/c1-12(2)23-18(26)17-13-8-4-7-11-16(13)30-19(17)25-21(28)22(3)20(27)24-14-9-5-6-10-15(14)29-22/h5-6,9-10,12H,4,7-8,11H2,1-3H3,(H,23,26)(H,24,27)(H,25,28). The molecule has 8 heteroatoms. The van der Waals surface area contributed by atoms with Crippen LogP contribution in [0, 0.1) is 0 Å². The van der Waals surface area contributed by atoms with Crippen molar-refractivity contribution in [2.75, 3.05) is 10.6 Å². The van der Waals surface area contributed by atoms with Crippen molar-refractivity contribution in [1.29, 1.82) is 0 Å². The van der Waals surface area contributed by atoms with Gasteiger partial charge in [-0.1, -0.05) is 12.1 Å². The first-order valence-electron chi connectivity index (χ1n) is 10.2. The van der Waals surface area contributed by atoms with Crippen LogP contribution in [0.15, 0.2) is 24.3 Å². The maximum atomic E-state index is 13.2. The number of thiophene rings is 1. The van der Waals surface area contributed by atoms with Gasteiger partial charge in [-0.25, -0.2) is 0 Å². The fraction of sp³-hybridized carbons (Fsp3) is 0.409. The first-order valence-corrected chi connectivity index (χ1v) is 11.0. The van der Waals surface area contributed by atoms with Gasteiger partial charge in [0.05, 0.1) is 11.3 Å². The molecular formula is C22H25N3O4S. The van der Waals surface area contributed by atoms with Crippen LogP contribution in [-0.2, 0) is 22.4 Å². The van der Waals surface area contributed by atoms with E-state index < -0.39 is 17.4 Å². The second kappa shape index (κ2) is 7.75. The van der Waals surface area contributed by atoms with E-state index in [9.17, 15) is 14.4 Å². The van der Waals surface area contributed by atoms with Crippen LogP contribution in [-0.4, -0.2) is 29.4 Å². The number of para-hydroxylation sites is 2. The predicted molar refractivity (Wildman–Crippen MR) is 116 cm³/mol. The predicted octanol–water partition coefficient (Wildman–Crippen LogP) is 3.49. The SMILES string of the molecule is CC(C)NC(=O)c1c(NC(=O)C2(C)Oc3ccccc3NC2=O)sc2c1CCCC2. The number of ether oxygens (including phenoxy) is 1. The minimum atomic E-state index is -1.75. The van der Waals surface area contributed by atoms with E-state index in [1.807, 2.05) is 13.8 Å². The van der Waals surface area contributed by atoms with E-state index in [0.29, 0.717) is 22.0 Å². The lowest BCUT2D eigenvalue weighted by Crippen LogP contribution is -2.56. The second-order valence-electron chi connectivity index (χ2n) is 8.08. The molecular weight excluding hydrogens is 402 g/mol. The number of nitrogens with one attached hydrogen (secondary N) is 3. The second-order valence-corrected chi connectivity index (χ2v) is 9.19. The van der Waals surface area contributed by atoms with Gasteiger partial charge < -0.3 is 20.7 Å². The Labute approximate surface area is 179 Å². The highest BCUT2D eigenvalue weighted by Crippen LogP contribution is 2.39. The topological polar surface area (TPSA) is 96.5 Å². The molecule has 3 N–H and O–H groups in total. The number of rotatable bonds is 4. The van der Waals surface area contributed by atoms with Gasteiger partial charge >= 0.3 is 0 Å². The van der Waals surface area contributed by atoms with Crippen molar-refractivity contribution < 1.29 is 19.1 Å². The summed E-state index contributed by atoms with van der Waals surface area (Å²) < 4.78 is 5.81. The van der Waals surface area contributed by atoms with Crippen LogP contribution in [0.25, 0.3) is 0 Å². The van der Waals surface area contributed by atoms with Crippen LogP contribution < -0.4 is 20.7 Å². The summed E-state index contributed by atoms with van der Waals surface area (Å²) in [7, 11) is 0. The monoisotopic (exact) mass is 427 g/mol. The largest absolute Gasteiger partial charge is 0.466 e. The Morgan fingerprint density at radius 3 is 2.70 bits per heavy atom. The highest BCUT2D eigenvalue weighted by molar-refractivity contribution is 7.17. The van der Waals surface area contributed by atoms with Gasteiger partial charge in [-0.3, -0.25) is 14.4 Å². The molecule has 4 rings (SSSR count). The Bertz CT molecular complexity index is 1030. The molecule has 0 saturated heterocycles. The molecule has 0 radical (unpaired) electrons. The number of carbonyl (C=O) groups excluding carboxylic acids is 3. The summed E-state index contributed by atoms with van der Waals surface area (Å²) in [5, 5.41) is 8.95. The number of carbonyl (C=O) groups is 3. The summed E-state index contributed by atoms with van der Waals surface area (Å²) in [6.07, 6.45) is 3.77. The van der Waals surface area contributed by atoms with E-state index >= 15 is 0 Å². The van der Waals surface area contributed by atoms with E-state index in [2.05, 4.69) is 16.0 Å². The summed E-state index contributed by atoms with van der Waals surface area (Å²) in [6.45, 7) is 5.23. The molecule has 0 saturated carbocycles. The molecule has 158 valence electrons. The zero-order chi connectivity index (χ0) is 21.5. The Morgan fingerprint density at radius 2 is 1.93 bits per heavy atom. The first-order chi connectivity index (χ1) is 14.3. The molecule has 0 spiro atoms. The van der Waals surface area contributed by atoms with Crippen molar-refractivity contribution in [3.63, 3.8) is 0 Å². The lowest BCUT2D eigenvalue weighted by molar-refractivity contribution is -0.143. The van der Waals surface area contributed by atoms with Crippen molar-refractivity contribution in [1.82, 2.24) is 5.32 Å². The highest BCUT2D eigenvalue weighted by atomic mass is 32.1. The third-order valence-corrected chi connectivity index (χ3v) is 6.57. The minimum absolute atomic E-state index is 0.0262. The van der Waals surface area contributed by atoms with Gasteiger partial charge in [0.15, 0.2) is 0 Å². The number of hydrogen-bond acceptors (Lipinski definition) is 5. The molecule has 7 nitrogen and oxygen atoms in total. The van der Waals surface area contributed by atoms with Crippen molar-refractivity contribution in [3.05, 3.63) is 40.3 Å². The smallest absolute Gasteiger partial charge is 0.278 e. The zero-order valence-electron chi connectivity index (χ0n) is 17.3.